The second-order valence-corrected chi connectivity index (χ2v) is 5.47. The van der Waals surface area contributed by atoms with Crippen molar-refractivity contribution in [1.82, 2.24) is 15.3 Å². The first-order chi connectivity index (χ1) is 11.3. The van der Waals surface area contributed by atoms with Gasteiger partial charge < -0.3 is 10.3 Å². The molecule has 2 aromatic carbocycles. The Morgan fingerprint density at radius 1 is 1.00 bits per heavy atom. The van der Waals surface area contributed by atoms with Crippen molar-refractivity contribution in [2.24, 2.45) is 0 Å². The van der Waals surface area contributed by atoms with Crippen molar-refractivity contribution < 1.29 is 4.79 Å². The van der Waals surface area contributed by atoms with Crippen molar-refractivity contribution in [3.63, 3.8) is 0 Å². The van der Waals surface area contributed by atoms with Crippen molar-refractivity contribution >= 4 is 27.7 Å². The molecule has 0 atom stereocenters. The number of aromatic amines is 1. The fraction of sp³-hybridized carbons (Fsp3) is 0.0526. The zero-order valence-electron chi connectivity index (χ0n) is 12.4. The van der Waals surface area contributed by atoms with Gasteiger partial charge in [-0.3, -0.25) is 9.78 Å². The second-order valence-electron chi connectivity index (χ2n) is 5.47. The number of nitrogens with one attached hydrogen (secondary N) is 2. The molecule has 4 nitrogen and oxygen atoms in total. The molecule has 4 heteroatoms. The molecule has 0 fully saturated rings. The Morgan fingerprint density at radius 3 is 2.70 bits per heavy atom. The van der Waals surface area contributed by atoms with Gasteiger partial charge in [0.15, 0.2) is 0 Å². The monoisotopic (exact) mass is 301 g/mol. The highest BCUT2D eigenvalue weighted by atomic mass is 16.1. The van der Waals surface area contributed by atoms with Crippen molar-refractivity contribution in [2.75, 3.05) is 0 Å². The molecule has 2 heterocycles. The number of hydrogen-bond acceptors (Lipinski definition) is 2. The van der Waals surface area contributed by atoms with Crippen LogP contribution >= 0.6 is 0 Å². The maximum atomic E-state index is 12.3. The summed E-state index contributed by atoms with van der Waals surface area (Å²) in [4.78, 5) is 19.8. The Hall–Kier alpha value is -3.14. The zero-order valence-corrected chi connectivity index (χ0v) is 12.4. The van der Waals surface area contributed by atoms with E-state index in [0.29, 0.717) is 12.1 Å². The van der Waals surface area contributed by atoms with Crippen LogP contribution in [-0.4, -0.2) is 15.9 Å². The van der Waals surface area contributed by atoms with Crippen LogP contribution in [0.25, 0.3) is 21.8 Å². The Balaban J connectivity index is 1.61. The van der Waals surface area contributed by atoms with E-state index < -0.39 is 0 Å². The molecular weight excluding hydrogens is 286 g/mol. The van der Waals surface area contributed by atoms with Gasteiger partial charge in [-0.15, -0.1) is 0 Å². The SMILES string of the molecule is O=C(NCc1ccccc1)c1ccc2c(c1)[nH]c1cnccc12. The topological polar surface area (TPSA) is 57.8 Å². The molecule has 0 unspecified atom stereocenters. The number of carbonyl (C=O) groups is 1. The third-order valence-electron chi connectivity index (χ3n) is 3.96. The molecule has 4 aromatic rings. The third kappa shape index (κ3) is 2.55. The summed E-state index contributed by atoms with van der Waals surface area (Å²) in [5.41, 5.74) is 3.65. The van der Waals surface area contributed by atoms with E-state index in [-0.39, 0.29) is 5.91 Å². The molecule has 1 amide bonds. The maximum absolute atomic E-state index is 12.3. The number of aromatic nitrogens is 2. The first kappa shape index (κ1) is 13.5. The van der Waals surface area contributed by atoms with Gasteiger partial charge in [0.2, 0.25) is 0 Å². The number of amides is 1. The number of carbonyl (C=O) groups excluding carboxylic acids is 1. The van der Waals surface area contributed by atoms with Gasteiger partial charge in [0, 0.05) is 34.6 Å². The summed E-state index contributed by atoms with van der Waals surface area (Å²) < 4.78 is 0. The molecule has 0 radical (unpaired) electrons. The van der Waals surface area contributed by atoms with Crippen LogP contribution in [0.4, 0.5) is 0 Å². The summed E-state index contributed by atoms with van der Waals surface area (Å²) >= 11 is 0. The van der Waals surface area contributed by atoms with Gasteiger partial charge in [-0.2, -0.15) is 0 Å². The highest BCUT2D eigenvalue weighted by Gasteiger charge is 2.09. The number of fused-ring (bicyclic) bond motifs is 3. The molecule has 0 saturated heterocycles. The summed E-state index contributed by atoms with van der Waals surface area (Å²) in [6.07, 6.45) is 3.57. The fourth-order valence-corrected chi connectivity index (χ4v) is 2.78. The molecule has 23 heavy (non-hydrogen) atoms. The van der Waals surface area contributed by atoms with E-state index in [0.717, 1.165) is 27.4 Å². The minimum Gasteiger partial charge on any atom is -0.353 e. The summed E-state index contributed by atoms with van der Waals surface area (Å²) in [6, 6.07) is 17.6. The van der Waals surface area contributed by atoms with E-state index in [1.54, 1.807) is 12.4 Å². The van der Waals surface area contributed by atoms with Crippen LogP contribution in [-0.2, 0) is 6.54 Å². The molecule has 4 rings (SSSR count). The number of hydrogen-bond donors (Lipinski definition) is 2. The summed E-state index contributed by atoms with van der Waals surface area (Å²) in [5.74, 6) is -0.0764. The molecule has 0 saturated carbocycles. The van der Waals surface area contributed by atoms with E-state index in [1.165, 1.54) is 0 Å². The Labute approximate surface area is 133 Å². The Bertz CT molecular complexity index is 989. The van der Waals surface area contributed by atoms with Gasteiger partial charge in [-0.05, 0) is 23.8 Å². The minimum atomic E-state index is -0.0764. The lowest BCUT2D eigenvalue weighted by Gasteiger charge is -2.05. The largest absolute Gasteiger partial charge is 0.353 e. The van der Waals surface area contributed by atoms with Gasteiger partial charge in [0.25, 0.3) is 5.91 Å². The van der Waals surface area contributed by atoms with Gasteiger partial charge in [-0.1, -0.05) is 36.4 Å². The van der Waals surface area contributed by atoms with Crippen LogP contribution in [0.3, 0.4) is 0 Å². The van der Waals surface area contributed by atoms with E-state index in [4.69, 9.17) is 0 Å². The minimum absolute atomic E-state index is 0.0764. The van der Waals surface area contributed by atoms with Gasteiger partial charge in [-0.25, -0.2) is 0 Å². The Kier molecular flexibility index (Phi) is 3.27. The molecule has 0 bridgehead atoms. The van der Waals surface area contributed by atoms with Crippen LogP contribution in [0.15, 0.2) is 67.0 Å². The Morgan fingerprint density at radius 2 is 1.83 bits per heavy atom. The molecule has 0 aliphatic carbocycles. The van der Waals surface area contributed by atoms with Crippen LogP contribution in [0.2, 0.25) is 0 Å². The smallest absolute Gasteiger partial charge is 0.251 e. The fourth-order valence-electron chi connectivity index (χ4n) is 2.78. The first-order valence-electron chi connectivity index (χ1n) is 7.49. The molecule has 112 valence electrons. The van der Waals surface area contributed by atoms with Crippen LogP contribution < -0.4 is 5.32 Å². The van der Waals surface area contributed by atoms with E-state index in [9.17, 15) is 4.79 Å². The predicted octanol–water partition coefficient (Wildman–Crippen LogP) is 3.65. The molecule has 0 aliphatic heterocycles. The quantitative estimate of drug-likeness (QED) is 0.607. The first-order valence-corrected chi connectivity index (χ1v) is 7.49. The molecular formula is C19H15N3O. The normalized spacial score (nSPS) is 11.0. The van der Waals surface area contributed by atoms with E-state index >= 15 is 0 Å². The lowest BCUT2D eigenvalue weighted by atomic mass is 10.1. The number of benzene rings is 2. The van der Waals surface area contributed by atoms with Crippen molar-refractivity contribution in [1.29, 1.82) is 0 Å². The van der Waals surface area contributed by atoms with Crippen molar-refractivity contribution in [3.05, 3.63) is 78.1 Å². The van der Waals surface area contributed by atoms with Crippen molar-refractivity contribution in [3.8, 4) is 0 Å². The standard InChI is InChI=1S/C19H15N3O/c23-19(21-11-13-4-2-1-3-5-13)14-6-7-15-16-8-9-20-12-18(16)22-17(15)10-14/h1-10,12,22H,11H2,(H,21,23). The highest BCUT2D eigenvalue weighted by molar-refractivity contribution is 6.09. The lowest BCUT2D eigenvalue weighted by molar-refractivity contribution is 0.0951. The average molecular weight is 301 g/mol. The number of rotatable bonds is 3. The van der Waals surface area contributed by atoms with Crippen molar-refractivity contribution in [2.45, 2.75) is 6.54 Å². The van der Waals surface area contributed by atoms with Gasteiger partial charge >= 0.3 is 0 Å². The lowest BCUT2D eigenvalue weighted by Crippen LogP contribution is -2.22. The van der Waals surface area contributed by atoms with Crippen LogP contribution in [0.1, 0.15) is 15.9 Å². The number of H-pyrrole nitrogens is 1. The summed E-state index contributed by atoms with van der Waals surface area (Å²) in [7, 11) is 0. The molecule has 2 aromatic heterocycles. The molecule has 2 N–H and O–H groups in total. The van der Waals surface area contributed by atoms with Crippen LogP contribution in [0.5, 0.6) is 0 Å². The maximum Gasteiger partial charge on any atom is 0.251 e. The predicted molar refractivity (Wildman–Crippen MR) is 91.2 cm³/mol. The molecule has 0 spiro atoms. The number of nitrogens with zero attached hydrogens (tertiary/aromatic N) is 1. The van der Waals surface area contributed by atoms with E-state index in [1.807, 2.05) is 54.6 Å². The average Bonchev–Trinajstić information content (AvgIpc) is 2.98. The van der Waals surface area contributed by atoms with Crippen LogP contribution in [0, 0.1) is 0 Å². The van der Waals surface area contributed by atoms with E-state index in [2.05, 4.69) is 15.3 Å². The second kappa shape index (κ2) is 5.57. The molecule has 0 aliphatic rings. The summed E-state index contributed by atoms with van der Waals surface area (Å²) in [6.45, 7) is 0.522. The number of pyridine rings is 1. The highest BCUT2D eigenvalue weighted by Crippen LogP contribution is 2.25. The summed E-state index contributed by atoms with van der Waals surface area (Å²) in [5, 5.41) is 5.16. The zero-order chi connectivity index (χ0) is 15.6. The van der Waals surface area contributed by atoms with Gasteiger partial charge in [0.1, 0.15) is 0 Å². The van der Waals surface area contributed by atoms with Gasteiger partial charge in [0.05, 0.1) is 11.7 Å². The third-order valence-corrected chi connectivity index (χ3v) is 3.96.